The second-order valence-electron chi connectivity index (χ2n) is 7.65. The highest BCUT2D eigenvalue weighted by Gasteiger charge is 2.16. The Morgan fingerprint density at radius 1 is 0.968 bits per heavy atom. The molecule has 0 radical (unpaired) electrons. The minimum absolute atomic E-state index is 0.129. The van der Waals surface area contributed by atoms with Gasteiger partial charge in [0.05, 0.1) is 17.6 Å². The molecule has 166 valence electrons. The molecule has 0 aliphatic carbocycles. The minimum atomic E-state index is -0.360. The lowest BCUT2D eigenvalue weighted by Crippen LogP contribution is -2.35. The summed E-state index contributed by atoms with van der Waals surface area (Å²) in [5, 5.41) is 15.1. The van der Waals surface area contributed by atoms with Gasteiger partial charge in [-0.2, -0.15) is 0 Å². The normalized spacial score (nSPS) is 14.9. The van der Waals surface area contributed by atoms with E-state index in [9.17, 15) is 19.1 Å². The van der Waals surface area contributed by atoms with Gasteiger partial charge < -0.3 is 15.7 Å². The Hall–Kier alpha value is -2.42. The fourth-order valence-corrected chi connectivity index (χ4v) is 3.96. The van der Waals surface area contributed by atoms with E-state index in [0.717, 1.165) is 38.0 Å². The predicted molar refractivity (Wildman–Crippen MR) is 121 cm³/mol. The number of hydrogen-bond acceptors (Lipinski definition) is 5. The van der Waals surface area contributed by atoms with E-state index in [-0.39, 0.29) is 35.2 Å². The van der Waals surface area contributed by atoms with Crippen LogP contribution in [0.25, 0.3) is 0 Å². The van der Waals surface area contributed by atoms with Crippen molar-refractivity contribution in [3.63, 3.8) is 0 Å². The minimum Gasteiger partial charge on any atom is -0.393 e. The molecule has 3 rings (SSSR count). The number of carbonyl (C=O) groups is 2. The number of halogens is 1. The molecule has 0 aromatic heterocycles. The first-order chi connectivity index (χ1) is 15.0. The summed E-state index contributed by atoms with van der Waals surface area (Å²) in [5.41, 5.74) is 2.76. The number of carbonyl (C=O) groups excluding carboxylic acids is 2. The van der Waals surface area contributed by atoms with Crippen molar-refractivity contribution in [2.45, 2.75) is 32.0 Å². The van der Waals surface area contributed by atoms with Crippen molar-refractivity contribution in [1.82, 2.24) is 10.2 Å². The average molecular weight is 446 g/mol. The van der Waals surface area contributed by atoms with Crippen molar-refractivity contribution in [3.8, 4) is 0 Å². The maximum Gasteiger partial charge on any atom is 0.234 e. The average Bonchev–Trinajstić information content (AvgIpc) is 2.76. The number of hydrogen-bond donors (Lipinski definition) is 3. The largest absolute Gasteiger partial charge is 0.393 e. The second kappa shape index (κ2) is 11.8. The molecule has 1 saturated heterocycles. The van der Waals surface area contributed by atoms with Gasteiger partial charge in [-0.1, -0.05) is 24.3 Å². The van der Waals surface area contributed by atoms with Crippen LogP contribution in [0.4, 0.5) is 10.1 Å². The zero-order valence-corrected chi connectivity index (χ0v) is 18.2. The highest BCUT2D eigenvalue weighted by atomic mass is 32.2. The molecule has 0 saturated carbocycles. The van der Waals surface area contributed by atoms with E-state index in [2.05, 4.69) is 27.7 Å². The van der Waals surface area contributed by atoms with Crippen LogP contribution in [0.5, 0.6) is 0 Å². The maximum absolute atomic E-state index is 12.9. The van der Waals surface area contributed by atoms with Gasteiger partial charge in [-0.15, -0.1) is 11.8 Å². The number of nitrogens with zero attached hydrogens (tertiary/aromatic N) is 1. The number of nitrogens with one attached hydrogen (secondary N) is 2. The van der Waals surface area contributed by atoms with Crippen LogP contribution in [0.15, 0.2) is 48.5 Å². The molecule has 1 heterocycles. The number of piperidine rings is 1. The van der Waals surface area contributed by atoms with Gasteiger partial charge in [-0.05, 0) is 48.2 Å². The number of anilines is 1. The molecule has 1 aliphatic heterocycles. The summed E-state index contributed by atoms with van der Waals surface area (Å²) in [4.78, 5) is 26.2. The molecule has 0 spiro atoms. The number of likely N-dealkylation sites (tertiary alicyclic amines) is 1. The lowest BCUT2D eigenvalue weighted by molar-refractivity contribution is -0.118. The molecule has 0 atom stereocenters. The summed E-state index contributed by atoms with van der Waals surface area (Å²) in [7, 11) is 0. The van der Waals surface area contributed by atoms with Gasteiger partial charge in [0.2, 0.25) is 11.8 Å². The van der Waals surface area contributed by atoms with E-state index >= 15 is 0 Å². The topological polar surface area (TPSA) is 81.7 Å². The fourth-order valence-electron chi connectivity index (χ4n) is 3.32. The number of amides is 2. The lowest BCUT2D eigenvalue weighted by atomic mass is 10.1. The van der Waals surface area contributed by atoms with Crippen molar-refractivity contribution < 1.29 is 19.1 Å². The Bertz CT molecular complexity index is 853. The fraction of sp³-hybridized carbons (Fsp3) is 0.391. The molecule has 0 unspecified atom stereocenters. The molecule has 1 aliphatic rings. The number of aliphatic hydroxyl groups excluding tert-OH is 1. The Labute approximate surface area is 186 Å². The van der Waals surface area contributed by atoms with E-state index in [0.29, 0.717) is 12.2 Å². The van der Waals surface area contributed by atoms with Gasteiger partial charge in [0.1, 0.15) is 5.82 Å². The summed E-state index contributed by atoms with van der Waals surface area (Å²) in [6.07, 6.45) is 1.50. The molecule has 8 heteroatoms. The van der Waals surface area contributed by atoms with E-state index in [1.165, 1.54) is 41.6 Å². The van der Waals surface area contributed by atoms with Crippen molar-refractivity contribution in [2.75, 3.05) is 29.9 Å². The van der Waals surface area contributed by atoms with E-state index in [1.54, 1.807) is 0 Å². The Morgan fingerprint density at radius 3 is 2.26 bits per heavy atom. The third kappa shape index (κ3) is 8.32. The van der Waals surface area contributed by atoms with Gasteiger partial charge in [0.15, 0.2) is 0 Å². The number of aliphatic hydroxyl groups is 1. The van der Waals surface area contributed by atoms with E-state index in [1.807, 2.05) is 12.1 Å². The SMILES string of the molecule is O=C(CSCC(=O)Nc1ccc(F)cc1)NCc1ccc(CN2CCC(O)CC2)cc1. The van der Waals surface area contributed by atoms with Crippen LogP contribution in [-0.4, -0.2) is 52.5 Å². The molecular weight excluding hydrogens is 417 g/mol. The zero-order chi connectivity index (χ0) is 22.1. The maximum atomic E-state index is 12.9. The third-order valence-electron chi connectivity index (χ3n) is 5.07. The van der Waals surface area contributed by atoms with Crippen molar-refractivity contribution in [3.05, 3.63) is 65.5 Å². The first-order valence-electron chi connectivity index (χ1n) is 10.4. The Morgan fingerprint density at radius 2 is 1.58 bits per heavy atom. The van der Waals surface area contributed by atoms with E-state index < -0.39 is 0 Å². The van der Waals surface area contributed by atoms with Crippen molar-refractivity contribution >= 4 is 29.3 Å². The molecule has 2 aromatic carbocycles. The monoisotopic (exact) mass is 445 g/mol. The molecule has 31 heavy (non-hydrogen) atoms. The first kappa shape index (κ1) is 23.2. The summed E-state index contributed by atoms with van der Waals surface area (Å²) in [5.74, 6) is -0.386. The van der Waals surface area contributed by atoms with Crippen LogP contribution in [0.2, 0.25) is 0 Å². The zero-order valence-electron chi connectivity index (χ0n) is 17.4. The van der Waals surface area contributed by atoms with Crippen LogP contribution >= 0.6 is 11.8 Å². The second-order valence-corrected chi connectivity index (χ2v) is 8.63. The molecule has 0 bridgehead atoms. The van der Waals surface area contributed by atoms with Crippen LogP contribution in [0.3, 0.4) is 0 Å². The molecular formula is C23H28FN3O3S. The third-order valence-corrected chi connectivity index (χ3v) is 6.00. The lowest BCUT2D eigenvalue weighted by Gasteiger charge is -2.29. The van der Waals surface area contributed by atoms with Crippen molar-refractivity contribution in [1.29, 1.82) is 0 Å². The summed E-state index contributed by atoms with van der Waals surface area (Å²) < 4.78 is 12.9. The highest BCUT2D eigenvalue weighted by Crippen LogP contribution is 2.14. The predicted octanol–water partition coefficient (Wildman–Crippen LogP) is 2.77. The summed E-state index contributed by atoms with van der Waals surface area (Å²) in [6.45, 7) is 3.14. The number of benzene rings is 2. The van der Waals surface area contributed by atoms with Crippen LogP contribution in [-0.2, 0) is 22.7 Å². The van der Waals surface area contributed by atoms with Crippen LogP contribution < -0.4 is 10.6 Å². The van der Waals surface area contributed by atoms with Gasteiger partial charge in [-0.25, -0.2) is 4.39 Å². The Kier molecular flexibility index (Phi) is 8.87. The van der Waals surface area contributed by atoms with E-state index in [4.69, 9.17) is 0 Å². The van der Waals surface area contributed by atoms with Crippen molar-refractivity contribution in [2.24, 2.45) is 0 Å². The molecule has 1 fully saturated rings. The molecule has 2 amide bonds. The summed E-state index contributed by atoms with van der Waals surface area (Å²) >= 11 is 1.23. The van der Waals surface area contributed by atoms with Crippen LogP contribution in [0.1, 0.15) is 24.0 Å². The molecule has 2 aromatic rings. The molecule has 3 N–H and O–H groups in total. The number of rotatable bonds is 9. The van der Waals surface area contributed by atoms with Crippen LogP contribution in [0, 0.1) is 5.82 Å². The highest BCUT2D eigenvalue weighted by molar-refractivity contribution is 8.00. The number of thioether (sulfide) groups is 1. The first-order valence-corrected chi connectivity index (χ1v) is 11.5. The van der Waals surface area contributed by atoms with Gasteiger partial charge in [0.25, 0.3) is 0 Å². The quantitative estimate of drug-likeness (QED) is 0.553. The smallest absolute Gasteiger partial charge is 0.234 e. The summed E-state index contributed by atoms with van der Waals surface area (Å²) in [6, 6.07) is 13.7. The molecule has 6 nitrogen and oxygen atoms in total. The Balaban J connectivity index is 1.31. The van der Waals surface area contributed by atoms with Gasteiger partial charge >= 0.3 is 0 Å². The van der Waals surface area contributed by atoms with Gasteiger partial charge in [-0.3, -0.25) is 14.5 Å². The van der Waals surface area contributed by atoms with Gasteiger partial charge in [0, 0.05) is 31.9 Å². The standard InChI is InChI=1S/C23H28FN3O3S/c24-19-5-7-20(8-6-19)26-23(30)16-31-15-22(29)25-13-17-1-3-18(4-2-17)14-27-11-9-21(28)10-12-27/h1-8,21,28H,9-16H2,(H,25,29)(H,26,30).